The lowest BCUT2D eigenvalue weighted by atomic mass is 10.1. The minimum Gasteiger partial charge on any atom is -0.293 e. The molecule has 112 valence electrons. The Balaban J connectivity index is 1.73. The number of para-hydroxylation sites is 1. The molecule has 0 unspecified atom stereocenters. The third-order valence-electron chi connectivity index (χ3n) is 3.94. The van der Waals surface area contributed by atoms with Crippen LogP contribution in [-0.4, -0.2) is 37.7 Å². The standard InChI is InChI=1S/C16H23N5/c1-13(2)10-11-20(14-8-9-14)12-16-17-18-19-21(16)15-6-4-3-5-7-15/h3-7,13-14H,8-12H2,1-2H3. The summed E-state index contributed by atoms with van der Waals surface area (Å²) in [6, 6.07) is 10.8. The molecule has 1 fully saturated rings. The normalized spacial score (nSPS) is 15.0. The van der Waals surface area contributed by atoms with Gasteiger partial charge >= 0.3 is 0 Å². The summed E-state index contributed by atoms with van der Waals surface area (Å²) in [5.74, 6) is 1.66. The van der Waals surface area contributed by atoms with E-state index in [4.69, 9.17) is 0 Å². The van der Waals surface area contributed by atoms with Crippen molar-refractivity contribution in [3.8, 4) is 5.69 Å². The number of benzene rings is 1. The minimum absolute atomic E-state index is 0.727. The molecule has 3 rings (SSSR count). The molecule has 2 aromatic rings. The van der Waals surface area contributed by atoms with Gasteiger partial charge in [0.25, 0.3) is 0 Å². The molecule has 0 radical (unpaired) electrons. The van der Waals surface area contributed by atoms with E-state index in [1.165, 1.54) is 19.3 Å². The van der Waals surface area contributed by atoms with Gasteiger partial charge in [-0.2, -0.15) is 4.68 Å². The van der Waals surface area contributed by atoms with Crippen molar-refractivity contribution in [3.63, 3.8) is 0 Å². The second-order valence-corrected chi connectivity index (χ2v) is 6.23. The molecule has 0 saturated heterocycles. The molecule has 5 nitrogen and oxygen atoms in total. The van der Waals surface area contributed by atoms with Gasteiger partial charge in [-0.15, -0.1) is 5.10 Å². The molecule has 0 aliphatic heterocycles. The fourth-order valence-corrected chi connectivity index (χ4v) is 2.51. The summed E-state index contributed by atoms with van der Waals surface area (Å²) >= 11 is 0. The summed E-state index contributed by atoms with van der Waals surface area (Å²) in [6.45, 7) is 6.52. The smallest absolute Gasteiger partial charge is 0.170 e. The molecule has 1 aromatic heterocycles. The zero-order chi connectivity index (χ0) is 14.7. The molecule has 0 N–H and O–H groups in total. The number of tetrazole rings is 1. The first-order valence-electron chi connectivity index (χ1n) is 7.81. The maximum atomic E-state index is 4.23. The number of aromatic nitrogens is 4. The molecule has 1 aliphatic rings. The van der Waals surface area contributed by atoms with Gasteiger partial charge in [0.05, 0.1) is 12.2 Å². The lowest BCUT2D eigenvalue weighted by Gasteiger charge is -2.22. The minimum atomic E-state index is 0.727. The predicted molar refractivity (Wildman–Crippen MR) is 82.0 cm³/mol. The average molecular weight is 285 g/mol. The monoisotopic (exact) mass is 285 g/mol. The first-order valence-corrected chi connectivity index (χ1v) is 7.81. The van der Waals surface area contributed by atoms with Crippen LogP contribution in [0.3, 0.4) is 0 Å². The van der Waals surface area contributed by atoms with Gasteiger partial charge in [0, 0.05) is 6.04 Å². The van der Waals surface area contributed by atoms with E-state index in [-0.39, 0.29) is 0 Å². The third kappa shape index (κ3) is 3.67. The van der Waals surface area contributed by atoms with Crippen LogP contribution < -0.4 is 0 Å². The maximum Gasteiger partial charge on any atom is 0.170 e. The topological polar surface area (TPSA) is 46.8 Å². The third-order valence-corrected chi connectivity index (χ3v) is 3.94. The number of nitrogens with zero attached hydrogens (tertiary/aromatic N) is 5. The summed E-state index contributed by atoms with van der Waals surface area (Å²) in [5.41, 5.74) is 1.03. The largest absolute Gasteiger partial charge is 0.293 e. The Morgan fingerprint density at radius 1 is 1.24 bits per heavy atom. The van der Waals surface area contributed by atoms with Crippen LogP contribution in [0.5, 0.6) is 0 Å². The lowest BCUT2D eigenvalue weighted by Crippen LogP contribution is -2.29. The summed E-state index contributed by atoms with van der Waals surface area (Å²) < 4.78 is 1.85. The summed E-state index contributed by atoms with van der Waals surface area (Å²) in [6.07, 6.45) is 3.85. The molecular weight excluding hydrogens is 262 g/mol. The lowest BCUT2D eigenvalue weighted by molar-refractivity contribution is 0.232. The molecule has 1 aliphatic carbocycles. The van der Waals surface area contributed by atoms with E-state index in [1.807, 2.05) is 35.0 Å². The fourth-order valence-electron chi connectivity index (χ4n) is 2.51. The van der Waals surface area contributed by atoms with Crippen LogP contribution in [0.15, 0.2) is 30.3 Å². The van der Waals surface area contributed by atoms with E-state index in [9.17, 15) is 0 Å². The SMILES string of the molecule is CC(C)CCN(Cc1nnnn1-c1ccccc1)C1CC1. The van der Waals surface area contributed by atoms with Crippen LogP contribution in [0, 0.1) is 5.92 Å². The zero-order valence-corrected chi connectivity index (χ0v) is 12.8. The predicted octanol–water partition coefficient (Wildman–Crippen LogP) is 2.67. The Labute approximate surface area is 126 Å². The van der Waals surface area contributed by atoms with E-state index in [1.54, 1.807) is 0 Å². The van der Waals surface area contributed by atoms with E-state index in [0.29, 0.717) is 0 Å². The average Bonchev–Trinajstić information content (AvgIpc) is 3.23. The van der Waals surface area contributed by atoms with E-state index in [0.717, 1.165) is 36.6 Å². The van der Waals surface area contributed by atoms with Crippen LogP contribution in [-0.2, 0) is 6.54 Å². The van der Waals surface area contributed by atoms with Gasteiger partial charge in [0.15, 0.2) is 5.82 Å². The highest BCUT2D eigenvalue weighted by molar-refractivity contribution is 5.30. The van der Waals surface area contributed by atoms with Gasteiger partial charge < -0.3 is 0 Å². The van der Waals surface area contributed by atoms with Crippen molar-refractivity contribution >= 4 is 0 Å². The van der Waals surface area contributed by atoms with Gasteiger partial charge in [0.1, 0.15) is 0 Å². The molecule has 0 bridgehead atoms. The van der Waals surface area contributed by atoms with E-state index < -0.39 is 0 Å². The first kappa shape index (κ1) is 14.2. The molecule has 0 amide bonds. The highest BCUT2D eigenvalue weighted by Crippen LogP contribution is 2.28. The highest BCUT2D eigenvalue weighted by Gasteiger charge is 2.30. The van der Waals surface area contributed by atoms with Gasteiger partial charge in [0.2, 0.25) is 0 Å². The number of rotatable bonds is 7. The van der Waals surface area contributed by atoms with Crippen molar-refractivity contribution in [1.29, 1.82) is 0 Å². The molecule has 21 heavy (non-hydrogen) atoms. The molecule has 0 atom stereocenters. The highest BCUT2D eigenvalue weighted by atomic mass is 15.5. The van der Waals surface area contributed by atoms with Crippen LogP contribution in [0.4, 0.5) is 0 Å². The van der Waals surface area contributed by atoms with Gasteiger partial charge in [-0.3, -0.25) is 4.90 Å². The van der Waals surface area contributed by atoms with Crippen LogP contribution in [0.2, 0.25) is 0 Å². The number of hydrogen-bond acceptors (Lipinski definition) is 4. The Morgan fingerprint density at radius 3 is 2.67 bits per heavy atom. The Bertz CT molecular complexity index is 559. The Kier molecular flexibility index (Phi) is 4.29. The van der Waals surface area contributed by atoms with Gasteiger partial charge in [-0.1, -0.05) is 32.0 Å². The molecular formula is C16H23N5. The van der Waals surface area contributed by atoms with Crippen molar-refractivity contribution in [1.82, 2.24) is 25.1 Å². The van der Waals surface area contributed by atoms with Gasteiger partial charge in [-0.25, -0.2) is 0 Å². The van der Waals surface area contributed by atoms with Crippen molar-refractivity contribution in [2.45, 2.75) is 45.7 Å². The Hall–Kier alpha value is -1.75. The zero-order valence-electron chi connectivity index (χ0n) is 12.8. The Morgan fingerprint density at radius 2 is 2.00 bits per heavy atom. The quantitative estimate of drug-likeness (QED) is 0.784. The summed E-state index contributed by atoms with van der Waals surface area (Å²) in [5, 5.41) is 12.2. The summed E-state index contributed by atoms with van der Waals surface area (Å²) in [7, 11) is 0. The molecule has 0 spiro atoms. The van der Waals surface area contributed by atoms with Crippen molar-refractivity contribution in [3.05, 3.63) is 36.2 Å². The van der Waals surface area contributed by atoms with Crippen molar-refractivity contribution in [2.24, 2.45) is 5.92 Å². The van der Waals surface area contributed by atoms with Crippen molar-refractivity contribution < 1.29 is 0 Å². The molecule has 1 aromatic carbocycles. The van der Waals surface area contributed by atoms with E-state index in [2.05, 4.69) is 34.3 Å². The second kappa shape index (κ2) is 6.35. The van der Waals surface area contributed by atoms with Crippen LogP contribution in [0.1, 0.15) is 38.9 Å². The molecule has 1 saturated carbocycles. The maximum absolute atomic E-state index is 4.23. The molecule has 5 heteroatoms. The first-order chi connectivity index (χ1) is 10.2. The fraction of sp³-hybridized carbons (Fsp3) is 0.562. The van der Waals surface area contributed by atoms with Gasteiger partial charge in [-0.05, 0) is 54.3 Å². The molecule has 1 heterocycles. The summed E-state index contributed by atoms with van der Waals surface area (Å²) in [4.78, 5) is 2.53. The van der Waals surface area contributed by atoms with Crippen LogP contribution in [0.25, 0.3) is 5.69 Å². The number of hydrogen-bond donors (Lipinski definition) is 0. The van der Waals surface area contributed by atoms with Crippen LogP contribution >= 0.6 is 0 Å². The van der Waals surface area contributed by atoms with Crippen molar-refractivity contribution in [2.75, 3.05) is 6.54 Å². The second-order valence-electron chi connectivity index (χ2n) is 6.23. The van der Waals surface area contributed by atoms with E-state index >= 15 is 0 Å².